The lowest BCUT2D eigenvalue weighted by molar-refractivity contribution is -0.141. The van der Waals surface area contributed by atoms with Crippen LogP contribution in [-0.4, -0.2) is 35.6 Å². The molecule has 1 fully saturated rings. The third-order valence-corrected chi connectivity index (χ3v) is 5.98. The molecule has 1 aliphatic carbocycles. The molecule has 1 saturated carbocycles. The minimum atomic E-state index is -3.50. The van der Waals surface area contributed by atoms with E-state index in [1.54, 1.807) is 0 Å². The molecular weight excluding hydrogens is 278 g/mol. The number of sulfonamides is 1. The van der Waals surface area contributed by atoms with Gasteiger partial charge in [-0.25, -0.2) is 8.42 Å². The Morgan fingerprint density at radius 3 is 2.50 bits per heavy atom. The highest BCUT2D eigenvalue weighted by Crippen LogP contribution is 2.33. The van der Waals surface area contributed by atoms with Crippen LogP contribution >= 0.6 is 0 Å². The zero-order chi connectivity index (χ0) is 14.3. The van der Waals surface area contributed by atoms with Gasteiger partial charge in [0.25, 0.3) is 0 Å². The van der Waals surface area contributed by atoms with Gasteiger partial charge < -0.3 is 5.11 Å². The zero-order valence-electron chi connectivity index (χ0n) is 11.0. The first-order valence-corrected chi connectivity index (χ1v) is 8.37. The van der Waals surface area contributed by atoms with Crippen molar-refractivity contribution >= 4 is 16.0 Å². The molecule has 108 valence electrons. The van der Waals surface area contributed by atoms with Crippen molar-refractivity contribution in [3.05, 3.63) is 35.4 Å². The maximum atomic E-state index is 12.4. The summed E-state index contributed by atoms with van der Waals surface area (Å²) in [5, 5.41) is 9.34. The van der Waals surface area contributed by atoms with Crippen LogP contribution in [0.3, 0.4) is 0 Å². The van der Waals surface area contributed by atoms with Gasteiger partial charge in [0, 0.05) is 13.0 Å². The van der Waals surface area contributed by atoms with Crippen LogP contribution in [0.25, 0.3) is 0 Å². The van der Waals surface area contributed by atoms with E-state index in [0.717, 1.165) is 24.0 Å². The Balaban J connectivity index is 1.93. The number of carboxylic acid groups (broad SMARTS) is 1. The summed E-state index contributed by atoms with van der Waals surface area (Å²) in [6.45, 7) is 0.169. The lowest BCUT2D eigenvalue weighted by Crippen LogP contribution is -2.49. The number of hydrogen-bond donors (Lipinski definition) is 1. The summed E-state index contributed by atoms with van der Waals surface area (Å²) >= 11 is 0. The van der Waals surface area contributed by atoms with Crippen molar-refractivity contribution in [2.45, 2.75) is 31.8 Å². The number of carboxylic acids is 1. The van der Waals surface area contributed by atoms with Crippen molar-refractivity contribution < 1.29 is 18.3 Å². The number of hydrogen-bond acceptors (Lipinski definition) is 3. The summed E-state index contributed by atoms with van der Waals surface area (Å²) in [5.41, 5.74) is 1.84. The molecule has 1 unspecified atom stereocenters. The largest absolute Gasteiger partial charge is 0.480 e. The summed E-state index contributed by atoms with van der Waals surface area (Å²) in [6.07, 6.45) is 2.11. The summed E-state index contributed by atoms with van der Waals surface area (Å²) in [7, 11) is -3.50. The van der Waals surface area contributed by atoms with E-state index in [1.165, 1.54) is 4.31 Å². The van der Waals surface area contributed by atoms with Crippen molar-refractivity contribution in [1.82, 2.24) is 4.31 Å². The molecule has 6 heteroatoms. The average molecular weight is 295 g/mol. The van der Waals surface area contributed by atoms with E-state index in [9.17, 15) is 18.3 Å². The fraction of sp³-hybridized carbons (Fsp3) is 0.500. The van der Waals surface area contributed by atoms with Crippen molar-refractivity contribution in [3.8, 4) is 0 Å². The van der Waals surface area contributed by atoms with Gasteiger partial charge in [0.1, 0.15) is 6.04 Å². The summed E-state index contributed by atoms with van der Waals surface area (Å²) in [4.78, 5) is 11.4. The maximum absolute atomic E-state index is 12.4. The third-order valence-electron chi connectivity index (χ3n) is 3.99. The van der Waals surface area contributed by atoms with Crippen LogP contribution in [-0.2, 0) is 27.8 Å². The molecule has 5 nitrogen and oxygen atoms in total. The Bertz CT molecular complexity index is 636. The number of fused-ring (bicyclic) bond motifs is 1. The molecule has 0 bridgehead atoms. The molecule has 1 heterocycles. The van der Waals surface area contributed by atoms with Crippen molar-refractivity contribution in [2.24, 2.45) is 5.92 Å². The molecule has 3 rings (SSSR count). The predicted molar refractivity (Wildman–Crippen MR) is 73.6 cm³/mol. The molecule has 1 aromatic rings. The molecule has 1 aromatic carbocycles. The zero-order valence-corrected chi connectivity index (χ0v) is 11.8. The molecule has 1 aliphatic heterocycles. The van der Waals surface area contributed by atoms with Crippen molar-refractivity contribution in [3.63, 3.8) is 0 Å². The van der Waals surface area contributed by atoms with E-state index in [4.69, 9.17) is 0 Å². The highest BCUT2D eigenvalue weighted by atomic mass is 32.2. The number of nitrogens with zero attached hydrogens (tertiary/aromatic N) is 1. The molecule has 0 aromatic heterocycles. The second-order valence-electron chi connectivity index (χ2n) is 5.59. The first-order chi connectivity index (χ1) is 9.47. The van der Waals surface area contributed by atoms with E-state index in [0.29, 0.717) is 0 Å². The van der Waals surface area contributed by atoms with Crippen LogP contribution in [0.2, 0.25) is 0 Å². The second-order valence-corrected chi connectivity index (χ2v) is 7.56. The molecule has 0 amide bonds. The topological polar surface area (TPSA) is 74.7 Å². The quantitative estimate of drug-likeness (QED) is 0.907. The van der Waals surface area contributed by atoms with Gasteiger partial charge in [0.15, 0.2) is 0 Å². The van der Waals surface area contributed by atoms with Gasteiger partial charge in [0.05, 0.1) is 5.75 Å². The molecule has 1 atom stereocenters. The fourth-order valence-corrected chi connectivity index (χ4v) is 4.69. The fourth-order valence-electron chi connectivity index (χ4n) is 2.68. The molecule has 20 heavy (non-hydrogen) atoms. The van der Waals surface area contributed by atoms with Crippen LogP contribution in [0.15, 0.2) is 24.3 Å². The molecule has 0 spiro atoms. The Kier molecular flexibility index (Phi) is 3.30. The molecule has 2 aliphatic rings. The summed E-state index contributed by atoms with van der Waals surface area (Å²) in [6, 6.07) is 6.47. The summed E-state index contributed by atoms with van der Waals surface area (Å²) in [5.74, 6) is -0.774. The van der Waals surface area contributed by atoms with Crippen LogP contribution in [0.4, 0.5) is 0 Å². The molecular formula is C14H17NO4S. The van der Waals surface area contributed by atoms with Crippen LogP contribution < -0.4 is 0 Å². The minimum absolute atomic E-state index is 0.0823. The van der Waals surface area contributed by atoms with Crippen LogP contribution in [0.1, 0.15) is 24.0 Å². The lowest BCUT2D eigenvalue weighted by atomic mass is 9.96. The first-order valence-electron chi connectivity index (χ1n) is 6.76. The molecule has 0 saturated heterocycles. The van der Waals surface area contributed by atoms with E-state index >= 15 is 0 Å². The Hall–Kier alpha value is -1.40. The van der Waals surface area contributed by atoms with E-state index < -0.39 is 22.0 Å². The highest BCUT2D eigenvalue weighted by molar-refractivity contribution is 7.89. The lowest BCUT2D eigenvalue weighted by Gasteiger charge is -2.33. The van der Waals surface area contributed by atoms with Gasteiger partial charge in [-0.1, -0.05) is 24.3 Å². The Morgan fingerprint density at radius 1 is 1.25 bits per heavy atom. The van der Waals surface area contributed by atoms with Crippen molar-refractivity contribution in [2.75, 3.05) is 5.75 Å². The smallest absolute Gasteiger partial charge is 0.322 e. The monoisotopic (exact) mass is 295 g/mol. The standard InChI is InChI=1S/C14H17NO4S/c16-14(17)13-7-11-3-1-2-4-12(11)8-15(13)20(18,19)9-10-5-6-10/h1-4,10,13H,5-9H2,(H,16,17). The SMILES string of the molecule is O=C(O)C1Cc2ccccc2CN1S(=O)(=O)CC1CC1. The van der Waals surface area contributed by atoms with Gasteiger partial charge >= 0.3 is 5.97 Å². The average Bonchev–Trinajstić information content (AvgIpc) is 3.20. The number of aliphatic carboxylic acids is 1. The Labute approximate surface area is 118 Å². The maximum Gasteiger partial charge on any atom is 0.322 e. The Morgan fingerprint density at radius 2 is 1.90 bits per heavy atom. The second kappa shape index (κ2) is 4.86. The van der Waals surface area contributed by atoms with Crippen LogP contribution in [0, 0.1) is 5.92 Å². The normalized spacial score (nSPS) is 23.3. The number of rotatable bonds is 4. The predicted octanol–water partition coefficient (Wildman–Crippen LogP) is 1.24. The van der Waals surface area contributed by atoms with Crippen LogP contribution in [0.5, 0.6) is 0 Å². The number of benzene rings is 1. The summed E-state index contributed by atoms with van der Waals surface area (Å²) < 4.78 is 26.0. The van der Waals surface area contributed by atoms with E-state index in [-0.39, 0.29) is 24.6 Å². The first kappa shape index (κ1) is 13.6. The van der Waals surface area contributed by atoms with Crippen molar-refractivity contribution in [1.29, 1.82) is 0 Å². The third kappa shape index (κ3) is 2.58. The van der Waals surface area contributed by atoms with Gasteiger partial charge in [-0.05, 0) is 29.9 Å². The minimum Gasteiger partial charge on any atom is -0.480 e. The van der Waals surface area contributed by atoms with Gasteiger partial charge in [0.2, 0.25) is 10.0 Å². The molecule has 0 radical (unpaired) electrons. The van der Waals surface area contributed by atoms with E-state index in [1.807, 2.05) is 24.3 Å². The van der Waals surface area contributed by atoms with Gasteiger partial charge in [-0.15, -0.1) is 0 Å². The van der Waals surface area contributed by atoms with E-state index in [2.05, 4.69) is 0 Å². The highest BCUT2D eigenvalue weighted by Gasteiger charge is 2.41. The molecule has 1 N–H and O–H groups in total. The number of carbonyl (C=O) groups is 1. The van der Waals surface area contributed by atoms with Gasteiger partial charge in [-0.3, -0.25) is 4.79 Å². The van der Waals surface area contributed by atoms with Gasteiger partial charge in [-0.2, -0.15) is 4.31 Å².